The predicted octanol–water partition coefficient (Wildman–Crippen LogP) is 3.74. The maximum atomic E-state index is 12.1. The predicted molar refractivity (Wildman–Crippen MR) is 79.2 cm³/mol. The first-order valence-corrected chi connectivity index (χ1v) is 7.17. The number of carbonyl (C=O) groups excluding carboxylic acids is 1. The molecule has 1 aliphatic heterocycles. The summed E-state index contributed by atoms with van der Waals surface area (Å²) >= 11 is 8.07. The normalized spacial score (nSPS) is 20.4. The lowest BCUT2D eigenvalue weighted by Gasteiger charge is -2.30. The summed E-state index contributed by atoms with van der Waals surface area (Å²) in [4.78, 5) is 13.9. The molecule has 0 bridgehead atoms. The number of benzene rings is 1. The average Bonchev–Trinajstić information content (AvgIpc) is 2.34. The SMILES string of the molecule is CCN1C(=O)C(I)CC=C1c1ccc(Cl)cc1. The van der Waals surface area contributed by atoms with E-state index in [1.165, 1.54) is 0 Å². The molecule has 1 aromatic carbocycles. The first-order chi connectivity index (χ1) is 8.13. The van der Waals surface area contributed by atoms with Crippen LogP contribution in [0.15, 0.2) is 30.3 Å². The molecular formula is C13H13ClINO. The van der Waals surface area contributed by atoms with Gasteiger partial charge in [-0.25, -0.2) is 0 Å². The molecule has 0 fully saturated rings. The van der Waals surface area contributed by atoms with Gasteiger partial charge >= 0.3 is 0 Å². The lowest BCUT2D eigenvalue weighted by molar-refractivity contribution is -0.127. The van der Waals surface area contributed by atoms with Crippen molar-refractivity contribution in [1.29, 1.82) is 0 Å². The van der Waals surface area contributed by atoms with Crippen LogP contribution in [0.4, 0.5) is 0 Å². The van der Waals surface area contributed by atoms with Crippen molar-refractivity contribution in [2.75, 3.05) is 6.54 Å². The Kier molecular flexibility index (Phi) is 4.09. The summed E-state index contributed by atoms with van der Waals surface area (Å²) in [5, 5.41) is 0.714. The van der Waals surface area contributed by atoms with Crippen molar-refractivity contribution in [2.24, 2.45) is 0 Å². The van der Waals surface area contributed by atoms with Gasteiger partial charge in [0.05, 0.1) is 3.92 Å². The molecule has 1 aromatic rings. The van der Waals surface area contributed by atoms with Crippen LogP contribution in [0.3, 0.4) is 0 Å². The average molecular weight is 362 g/mol. The zero-order valence-corrected chi connectivity index (χ0v) is 12.4. The molecular weight excluding hydrogens is 349 g/mol. The van der Waals surface area contributed by atoms with Gasteiger partial charge in [-0.3, -0.25) is 4.79 Å². The molecule has 4 heteroatoms. The van der Waals surface area contributed by atoms with Crippen LogP contribution in [0.1, 0.15) is 18.9 Å². The number of halogens is 2. The number of amides is 1. The highest BCUT2D eigenvalue weighted by atomic mass is 127. The molecule has 2 rings (SSSR count). The summed E-state index contributed by atoms with van der Waals surface area (Å²) in [7, 11) is 0. The van der Waals surface area contributed by atoms with E-state index in [1.54, 1.807) is 0 Å². The second-order valence-electron chi connectivity index (χ2n) is 3.88. The summed E-state index contributed by atoms with van der Waals surface area (Å²) in [6.07, 6.45) is 2.93. The van der Waals surface area contributed by atoms with Gasteiger partial charge in [-0.2, -0.15) is 0 Å². The van der Waals surface area contributed by atoms with E-state index in [9.17, 15) is 4.79 Å². The Labute approximate surface area is 120 Å². The first-order valence-electron chi connectivity index (χ1n) is 5.55. The number of carbonyl (C=O) groups is 1. The molecule has 0 radical (unpaired) electrons. The number of hydrogen-bond donors (Lipinski definition) is 0. The van der Waals surface area contributed by atoms with Crippen molar-refractivity contribution in [3.8, 4) is 0 Å². The van der Waals surface area contributed by atoms with Crippen molar-refractivity contribution < 1.29 is 4.79 Å². The monoisotopic (exact) mass is 361 g/mol. The molecule has 1 heterocycles. The number of alkyl halides is 1. The largest absolute Gasteiger partial charge is 0.312 e. The maximum absolute atomic E-state index is 12.1. The number of rotatable bonds is 2. The second kappa shape index (κ2) is 5.40. The Morgan fingerprint density at radius 1 is 1.41 bits per heavy atom. The molecule has 90 valence electrons. The minimum absolute atomic E-state index is 0.0589. The van der Waals surface area contributed by atoms with E-state index in [4.69, 9.17) is 11.6 Å². The third-order valence-corrected chi connectivity index (χ3v) is 4.09. The van der Waals surface area contributed by atoms with Gasteiger partial charge in [-0.1, -0.05) is 52.4 Å². The Hall–Kier alpha value is -0.550. The molecule has 2 nitrogen and oxygen atoms in total. The van der Waals surface area contributed by atoms with Crippen LogP contribution < -0.4 is 0 Å². The number of allylic oxidation sites excluding steroid dienone is 1. The van der Waals surface area contributed by atoms with Crippen molar-refractivity contribution in [3.63, 3.8) is 0 Å². The Morgan fingerprint density at radius 3 is 2.65 bits per heavy atom. The highest BCUT2D eigenvalue weighted by molar-refractivity contribution is 14.1. The molecule has 1 amide bonds. The summed E-state index contributed by atoms with van der Waals surface area (Å²) < 4.78 is 0.0589. The molecule has 1 unspecified atom stereocenters. The molecule has 1 aliphatic rings. The van der Waals surface area contributed by atoms with Crippen molar-refractivity contribution >= 4 is 45.8 Å². The highest BCUT2D eigenvalue weighted by Crippen LogP contribution is 2.29. The Balaban J connectivity index is 2.36. The van der Waals surface area contributed by atoms with Crippen LogP contribution in [0.5, 0.6) is 0 Å². The van der Waals surface area contributed by atoms with Gasteiger partial charge in [0.25, 0.3) is 0 Å². The lowest BCUT2D eigenvalue weighted by Crippen LogP contribution is -2.37. The van der Waals surface area contributed by atoms with E-state index < -0.39 is 0 Å². The molecule has 0 spiro atoms. The van der Waals surface area contributed by atoms with E-state index in [0.29, 0.717) is 11.6 Å². The van der Waals surface area contributed by atoms with Crippen LogP contribution in [0, 0.1) is 0 Å². The quantitative estimate of drug-likeness (QED) is 0.580. The van der Waals surface area contributed by atoms with Crippen LogP contribution >= 0.6 is 34.2 Å². The van der Waals surface area contributed by atoms with Gasteiger partial charge in [0.1, 0.15) is 0 Å². The van der Waals surface area contributed by atoms with Crippen LogP contribution in [-0.4, -0.2) is 21.3 Å². The van der Waals surface area contributed by atoms with Gasteiger partial charge in [0, 0.05) is 17.3 Å². The summed E-state index contributed by atoms with van der Waals surface area (Å²) in [6, 6.07) is 7.62. The summed E-state index contributed by atoms with van der Waals surface area (Å²) in [5.74, 6) is 0.195. The maximum Gasteiger partial charge on any atom is 0.240 e. The third-order valence-electron chi connectivity index (χ3n) is 2.80. The van der Waals surface area contributed by atoms with E-state index in [2.05, 4.69) is 28.7 Å². The summed E-state index contributed by atoms with van der Waals surface area (Å²) in [5.41, 5.74) is 2.05. The first kappa shape index (κ1) is 12.9. The van der Waals surface area contributed by atoms with Gasteiger partial charge in [-0.15, -0.1) is 0 Å². The molecule has 0 saturated heterocycles. The van der Waals surface area contributed by atoms with E-state index >= 15 is 0 Å². The van der Waals surface area contributed by atoms with E-state index in [1.807, 2.05) is 36.1 Å². The Morgan fingerprint density at radius 2 is 2.06 bits per heavy atom. The van der Waals surface area contributed by atoms with Gasteiger partial charge < -0.3 is 4.90 Å². The zero-order chi connectivity index (χ0) is 12.4. The lowest BCUT2D eigenvalue weighted by atomic mass is 10.0. The zero-order valence-electron chi connectivity index (χ0n) is 9.49. The van der Waals surface area contributed by atoms with E-state index in [0.717, 1.165) is 17.7 Å². The highest BCUT2D eigenvalue weighted by Gasteiger charge is 2.27. The molecule has 0 aliphatic carbocycles. The fourth-order valence-corrected chi connectivity index (χ4v) is 2.65. The fraction of sp³-hybridized carbons (Fsp3) is 0.308. The van der Waals surface area contributed by atoms with Crippen molar-refractivity contribution in [3.05, 3.63) is 40.9 Å². The number of hydrogen-bond acceptors (Lipinski definition) is 1. The molecule has 0 N–H and O–H groups in total. The standard InChI is InChI=1S/C13H13ClINO/c1-2-16-12(8-7-11(15)13(16)17)9-3-5-10(14)6-4-9/h3-6,8,11H,2,7H2,1H3. The van der Waals surface area contributed by atoms with Crippen LogP contribution in [-0.2, 0) is 4.79 Å². The third kappa shape index (κ3) is 2.65. The second-order valence-corrected chi connectivity index (χ2v) is 5.82. The minimum atomic E-state index is 0.0589. The molecule has 0 saturated carbocycles. The smallest absolute Gasteiger partial charge is 0.240 e. The van der Waals surface area contributed by atoms with Gasteiger partial charge in [-0.05, 0) is 31.0 Å². The molecule has 17 heavy (non-hydrogen) atoms. The van der Waals surface area contributed by atoms with Crippen LogP contribution in [0.2, 0.25) is 5.02 Å². The minimum Gasteiger partial charge on any atom is -0.312 e. The van der Waals surface area contributed by atoms with Crippen molar-refractivity contribution in [2.45, 2.75) is 17.3 Å². The summed E-state index contributed by atoms with van der Waals surface area (Å²) in [6.45, 7) is 2.70. The molecule has 0 aromatic heterocycles. The van der Waals surface area contributed by atoms with Crippen LogP contribution in [0.25, 0.3) is 5.70 Å². The van der Waals surface area contributed by atoms with Crippen molar-refractivity contribution in [1.82, 2.24) is 4.90 Å². The van der Waals surface area contributed by atoms with Gasteiger partial charge in [0.15, 0.2) is 0 Å². The molecule has 1 atom stereocenters. The topological polar surface area (TPSA) is 20.3 Å². The number of nitrogens with zero attached hydrogens (tertiary/aromatic N) is 1. The van der Waals surface area contributed by atoms with Gasteiger partial charge in [0.2, 0.25) is 5.91 Å². The Bertz CT molecular complexity index is 455. The van der Waals surface area contributed by atoms with E-state index in [-0.39, 0.29) is 9.83 Å². The fourth-order valence-electron chi connectivity index (χ4n) is 1.93.